The molecule has 30 heavy (non-hydrogen) atoms. The van der Waals surface area contributed by atoms with Crippen LogP contribution in [0.2, 0.25) is 0 Å². The molecule has 5 nitrogen and oxygen atoms in total. The van der Waals surface area contributed by atoms with E-state index in [0.29, 0.717) is 36.4 Å². The molecular weight excluding hydrogens is 404 g/mol. The number of benzene rings is 2. The fourth-order valence-electron chi connectivity index (χ4n) is 4.19. The number of carbonyl (C=O) groups excluding carboxylic acids is 2. The minimum atomic E-state index is -5.02. The first kappa shape index (κ1) is 20.2. The molecule has 0 aromatic heterocycles. The van der Waals surface area contributed by atoms with Crippen molar-refractivity contribution in [2.24, 2.45) is 0 Å². The van der Waals surface area contributed by atoms with Gasteiger partial charge in [0.05, 0.1) is 17.8 Å². The lowest BCUT2D eigenvalue weighted by molar-refractivity contribution is -0.174. The third kappa shape index (κ3) is 3.48. The van der Waals surface area contributed by atoms with Gasteiger partial charge in [-0.25, -0.2) is 4.39 Å². The van der Waals surface area contributed by atoms with Gasteiger partial charge in [0, 0.05) is 23.7 Å². The second-order valence-electron chi connectivity index (χ2n) is 7.35. The summed E-state index contributed by atoms with van der Waals surface area (Å²) in [7, 11) is 0. The lowest BCUT2D eigenvalue weighted by Crippen LogP contribution is -2.53. The number of carbonyl (C=O) groups is 2. The van der Waals surface area contributed by atoms with Gasteiger partial charge in [-0.2, -0.15) is 13.2 Å². The van der Waals surface area contributed by atoms with Crippen LogP contribution in [0.5, 0.6) is 11.5 Å². The highest BCUT2D eigenvalue weighted by Gasteiger charge is 2.45. The fraction of sp³-hybridized carbons (Fsp3) is 0.333. The average molecular weight is 422 g/mol. The van der Waals surface area contributed by atoms with Gasteiger partial charge in [-0.1, -0.05) is 18.2 Å². The Morgan fingerprint density at radius 1 is 1.17 bits per heavy atom. The second kappa shape index (κ2) is 7.30. The van der Waals surface area contributed by atoms with Gasteiger partial charge in [-0.15, -0.1) is 0 Å². The molecule has 0 saturated carbocycles. The number of alkyl halides is 3. The molecule has 0 spiro atoms. The van der Waals surface area contributed by atoms with E-state index in [0.717, 1.165) is 12.1 Å². The largest absolute Gasteiger partial charge is 0.471 e. The molecule has 2 aliphatic rings. The molecule has 0 radical (unpaired) electrons. The normalized spacial score (nSPS) is 20.2. The minimum Gasteiger partial charge on any atom is -0.455 e. The van der Waals surface area contributed by atoms with Crippen molar-refractivity contribution in [2.45, 2.75) is 38.0 Å². The highest BCUT2D eigenvalue weighted by atomic mass is 19.4. The molecule has 2 aliphatic heterocycles. The number of nitrogens with zero attached hydrogens (tertiary/aromatic N) is 1. The van der Waals surface area contributed by atoms with Gasteiger partial charge < -0.3 is 15.0 Å². The van der Waals surface area contributed by atoms with E-state index in [2.05, 4.69) is 5.32 Å². The van der Waals surface area contributed by atoms with Crippen molar-refractivity contribution in [3.05, 3.63) is 53.3 Å². The summed E-state index contributed by atoms with van der Waals surface area (Å²) in [6.07, 6.45) is -4.24. The third-order valence-corrected chi connectivity index (χ3v) is 5.37. The highest BCUT2D eigenvalue weighted by Crippen LogP contribution is 2.49. The summed E-state index contributed by atoms with van der Waals surface area (Å²) in [5, 5.41) is 2.10. The Bertz CT molecular complexity index is 1020. The third-order valence-electron chi connectivity index (χ3n) is 5.37. The van der Waals surface area contributed by atoms with Gasteiger partial charge in [0.2, 0.25) is 0 Å². The predicted octanol–water partition coefficient (Wildman–Crippen LogP) is 4.52. The van der Waals surface area contributed by atoms with Crippen molar-refractivity contribution >= 4 is 17.4 Å². The van der Waals surface area contributed by atoms with Crippen LogP contribution in [0.15, 0.2) is 36.4 Å². The first-order valence-electron chi connectivity index (χ1n) is 9.42. The molecule has 4 rings (SSSR count). The zero-order valence-electron chi connectivity index (χ0n) is 15.9. The fourth-order valence-corrected chi connectivity index (χ4v) is 4.19. The van der Waals surface area contributed by atoms with Crippen LogP contribution in [0.25, 0.3) is 0 Å². The zero-order valence-corrected chi connectivity index (χ0v) is 15.9. The topological polar surface area (TPSA) is 58.6 Å². The van der Waals surface area contributed by atoms with E-state index >= 15 is 0 Å². The van der Waals surface area contributed by atoms with E-state index < -0.39 is 35.8 Å². The van der Waals surface area contributed by atoms with Crippen LogP contribution < -0.4 is 15.0 Å². The molecule has 2 aromatic carbocycles. The van der Waals surface area contributed by atoms with E-state index in [9.17, 15) is 27.2 Å². The number of amides is 1. The molecule has 1 fully saturated rings. The molecule has 2 heterocycles. The number of nitrogens with one attached hydrogen (secondary N) is 1. The lowest BCUT2D eigenvalue weighted by Gasteiger charge is -2.43. The lowest BCUT2D eigenvalue weighted by atomic mass is 9.88. The van der Waals surface area contributed by atoms with Crippen molar-refractivity contribution in [3.8, 4) is 11.5 Å². The number of halogens is 4. The summed E-state index contributed by atoms with van der Waals surface area (Å²) in [6.45, 7) is 1.69. The summed E-state index contributed by atoms with van der Waals surface area (Å²) in [5.74, 6) is -2.64. The monoisotopic (exact) mass is 422 g/mol. The maximum Gasteiger partial charge on any atom is 0.471 e. The van der Waals surface area contributed by atoms with Gasteiger partial charge in [-0.3, -0.25) is 9.59 Å². The molecule has 2 aromatic rings. The first-order chi connectivity index (χ1) is 14.2. The highest BCUT2D eigenvalue weighted by molar-refractivity contribution is 6.01. The van der Waals surface area contributed by atoms with Crippen LogP contribution in [0.1, 0.15) is 41.7 Å². The van der Waals surface area contributed by atoms with Crippen molar-refractivity contribution in [2.75, 3.05) is 11.4 Å². The number of ether oxygens (including phenoxy) is 1. The summed E-state index contributed by atoms with van der Waals surface area (Å²) in [6, 6.07) is 7.36. The summed E-state index contributed by atoms with van der Waals surface area (Å²) < 4.78 is 58.9. The average Bonchev–Trinajstić information content (AvgIpc) is 2.81. The number of para-hydroxylation sites is 1. The van der Waals surface area contributed by atoms with Crippen LogP contribution in [0, 0.1) is 5.82 Å². The van der Waals surface area contributed by atoms with Gasteiger partial charge in [0.1, 0.15) is 11.6 Å². The molecule has 1 N–H and O–H groups in total. The van der Waals surface area contributed by atoms with Crippen LogP contribution in [0.3, 0.4) is 0 Å². The molecular formula is C21H18F4N2O3. The standard InChI is InChI=1S/C21H18F4N2O3/c1-11(28)14-9-12(22)10-17-19(14)27-8-4-6-15(26-20(29)21(23,24)25)18(27)13-5-2-3-7-16(13)30-17/h2-3,5,7,9-10,15,18H,4,6,8H2,1H3,(H,26,29)/t15-,18-/m0/s1. The minimum absolute atomic E-state index is 0.0746. The van der Waals surface area contributed by atoms with Crippen molar-refractivity contribution in [3.63, 3.8) is 0 Å². The second-order valence-corrected chi connectivity index (χ2v) is 7.35. The van der Waals surface area contributed by atoms with Crippen LogP contribution in [-0.2, 0) is 4.79 Å². The molecule has 9 heteroatoms. The van der Waals surface area contributed by atoms with Crippen LogP contribution in [0.4, 0.5) is 23.2 Å². The maximum absolute atomic E-state index is 14.2. The van der Waals surface area contributed by atoms with Gasteiger partial charge in [-0.05, 0) is 31.9 Å². The van der Waals surface area contributed by atoms with E-state index in [4.69, 9.17) is 4.74 Å². The van der Waals surface area contributed by atoms with Gasteiger partial charge in [0.15, 0.2) is 11.5 Å². The molecule has 1 amide bonds. The summed E-state index contributed by atoms with van der Waals surface area (Å²) in [5.41, 5.74) is 0.942. The van der Waals surface area contributed by atoms with E-state index in [-0.39, 0.29) is 11.3 Å². The quantitative estimate of drug-likeness (QED) is 0.571. The number of anilines is 1. The summed E-state index contributed by atoms with van der Waals surface area (Å²) >= 11 is 0. The SMILES string of the molecule is CC(=O)c1cc(F)cc2c1N1CCC[C@H](NC(=O)C(F)(F)F)[C@@H]1c1ccccc1O2. The Morgan fingerprint density at radius 3 is 2.60 bits per heavy atom. The smallest absolute Gasteiger partial charge is 0.455 e. The number of hydrogen-bond acceptors (Lipinski definition) is 4. The van der Waals surface area contributed by atoms with Gasteiger partial charge >= 0.3 is 12.1 Å². The van der Waals surface area contributed by atoms with Crippen molar-refractivity contribution in [1.29, 1.82) is 0 Å². The number of Topliss-reactive ketones (excluding diaryl/α,β-unsaturated/α-hetero) is 1. The van der Waals surface area contributed by atoms with E-state index in [1.54, 1.807) is 29.2 Å². The maximum atomic E-state index is 14.2. The Hall–Kier alpha value is -3.10. The molecule has 0 bridgehead atoms. The number of hydrogen-bond donors (Lipinski definition) is 1. The van der Waals surface area contributed by atoms with E-state index in [1.807, 2.05) is 0 Å². The van der Waals surface area contributed by atoms with Crippen LogP contribution >= 0.6 is 0 Å². The number of fused-ring (bicyclic) bond motifs is 5. The Labute approximate surface area is 169 Å². The van der Waals surface area contributed by atoms with Gasteiger partial charge in [0.25, 0.3) is 0 Å². The first-order valence-corrected chi connectivity index (χ1v) is 9.42. The summed E-state index contributed by atoms with van der Waals surface area (Å²) in [4.78, 5) is 25.7. The number of piperidine rings is 1. The van der Waals surface area contributed by atoms with E-state index in [1.165, 1.54) is 6.92 Å². The van der Waals surface area contributed by atoms with Crippen molar-refractivity contribution in [1.82, 2.24) is 5.32 Å². The number of rotatable bonds is 2. The van der Waals surface area contributed by atoms with Crippen LogP contribution in [-0.4, -0.2) is 30.5 Å². The number of ketones is 1. The zero-order chi connectivity index (χ0) is 21.6. The molecule has 158 valence electrons. The predicted molar refractivity (Wildman–Crippen MR) is 100 cm³/mol. The Morgan fingerprint density at radius 2 is 1.90 bits per heavy atom. The molecule has 0 unspecified atom stereocenters. The molecule has 1 saturated heterocycles. The Kier molecular flexibility index (Phi) is 4.91. The van der Waals surface area contributed by atoms with Crippen molar-refractivity contribution < 1.29 is 31.9 Å². The Balaban J connectivity index is 1.89. The molecule has 2 atom stereocenters. The molecule has 0 aliphatic carbocycles.